The van der Waals surface area contributed by atoms with E-state index >= 15 is 0 Å². The Hall–Kier alpha value is -0.704. The first-order valence-electron chi connectivity index (χ1n) is 6.15. The van der Waals surface area contributed by atoms with E-state index in [1.165, 1.54) is 22.3 Å². The molecule has 0 aliphatic rings. The maximum atomic E-state index is 2.18. The Morgan fingerprint density at radius 3 is 1.05 bits per heavy atom. The molecule has 3 rings (SSSR count). The molecule has 0 saturated carbocycles. The van der Waals surface area contributed by atoms with E-state index in [-0.39, 0.29) is 51.4 Å². The molecule has 0 amide bonds. The molecule has 0 spiro atoms. The minimum atomic E-state index is 0. The number of rotatable bonds is 2. The van der Waals surface area contributed by atoms with Gasteiger partial charge in [0.2, 0.25) is 0 Å². The Labute approximate surface area is 156 Å². The summed E-state index contributed by atoms with van der Waals surface area (Å²) in [7, 11) is 0. The Kier molecular flexibility index (Phi) is 5.55. The normalized spacial score (nSPS) is 9.68. The quantitative estimate of drug-likeness (QED) is 0.607. The summed E-state index contributed by atoms with van der Waals surface area (Å²) in [5.41, 5.74) is 5.09. The zero-order valence-corrected chi connectivity index (χ0v) is 10.1. The number of hydrogen-bond donors (Lipinski definition) is 0. The van der Waals surface area contributed by atoms with Crippen molar-refractivity contribution in [3.05, 3.63) is 84.9 Å². The summed E-state index contributed by atoms with van der Waals surface area (Å²) in [6, 6.07) is 29.6. The van der Waals surface area contributed by atoms with Crippen LogP contribution in [-0.2, 0) is 0 Å². The fourth-order valence-electron chi connectivity index (χ4n) is 2.22. The molecule has 0 N–H and O–H groups in total. The van der Waals surface area contributed by atoms with Crippen molar-refractivity contribution in [1.29, 1.82) is 0 Å². The molecule has 0 nitrogen and oxygen atoms in total. The summed E-state index contributed by atoms with van der Waals surface area (Å²) in [5.74, 6) is 0. The van der Waals surface area contributed by atoms with Gasteiger partial charge in [0.1, 0.15) is 0 Å². The molecular weight excluding hydrogens is 255 g/mol. The van der Waals surface area contributed by atoms with Crippen LogP contribution >= 0.6 is 0 Å². The second-order valence-electron chi connectivity index (χ2n) is 4.28. The zero-order chi connectivity index (χ0) is 12.2. The Morgan fingerprint density at radius 2 is 0.684 bits per heavy atom. The molecule has 0 unspecified atom stereocenters. The van der Waals surface area contributed by atoms with Crippen LogP contribution < -0.4 is 0 Å². The summed E-state index contributed by atoms with van der Waals surface area (Å²) < 4.78 is 0. The molecule has 19 heavy (non-hydrogen) atoms. The first-order chi connectivity index (χ1) is 8.95. The van der Waals surface area contributed by atoms with Crippen LogP contribution in [0.4, 0.5) is 0 Å². The monoisotopic (exact) mass is 270 g/mol. The van der Waals surface area contributed by atoms with Crippen molar-refractivity contribution in [2.45, 2.75) is 0 Å². The number of benzene rings is 3. The molecule has 3 aromatic carbocycles. The van der Waals surface area contributed by atoms with Crippen molar-refractivity contribution in [3.8, 4) is 22.3 Å². The molecule has 88 valence electrons. The van der Waals surface area contributed by atoms with Gasteiger partial charge in [-0.25, -0.2) is 0 Å². The molecule has 1 heteroatoms. The van der Waals surface area contributed by atoms with E-state index in [2.05, 4.69) is 84.9 Å². The average Bonchev–Trinajstić information content (AvgIpc) is 2.49. The van der Waals surface area contributed by atoms with E-state index < -0.39 is 0 Å². The van der Waals surface area contributed by atoms with Gasteiger partial charge < -0.3 is 0 Å². The average molecular weight is 270 g/mol. The topological polar surface area (TPSA) is 0 Å². The first-order valence-corrected chi connectivity index (χ1v) is 6.15. The van der Waals surface area contributed by atoms with Crippen molar-refractivity contribution in [2.75, 3.05) is 0 Å². The van der Waals surface area contributed by atoms with E-state index in [9.17, 15) is 0 Å². The summed E-state index contributed by atoms with van der Waals surface area (Å²) in [6.07, 6.45) is 0. The summed E-state index contributed by atoms with van der Waals surface area (Å²) in [4.78, 5) is 0. The van der Waals surface area contributed by atoms with Gasteiger partial charge in [-0.3, -0.25) is 0 Å². The molecule has 0 saturated heterocycles. The summed E-state index contributed by atoms with van der Waals surface area (Å²) >= 11 is 0. The van der Waals surface area contributed by atoms with Crippen molar-refractivity contribution in [3.63, 3.8) is 0 Å². The smallest absolute Gasteiger partial charge is 0.0105 e. The zero-order valence-electron chi connectivity index (χ0n) is 10.1. The van der Waals surface area contributed by atoms with Crippen LogP contribution in [-0.4, -0.2) is 51.4 Å². The van der Waals surface area contributed by atoms with Crippen molar-refractivity contribution >= 4 is 51.4 Å². The van der Waals surface area contributed by atoms with Gasteiger partial charge in [0.15, 0.2) is 0 Å². The fourth-order valence-corrected chi connectivity index (χ4v) is 2.22. The third-order valence-electron chi connectivity index (χ3n) is 3.10. The van der Waals surface area contributed by atoms with Crippen molar-refractivity contribution in [1.82, 2.24) is 0 Å². The van der Waals surface area contributed by atoms with Gasteiger partial charge in [-0.2, -0.15) is 0 Å². The van der Waals surface area contributed by atoms with E-state index in [1.54, 1.807) is 0 Å². The van der Waals surface area contributed by atoms with Crippen LogP contribution in [0.15, 0.2) is 84.9 Å². The van der Waals surface area contributed by atoms with E-state index in [0.717, 1.165) is 0 Å². The molecule has 0 aliphatic carbocycles. The molecule has 0 aromatic heterocycles. The largest absolute Gasteiger partial charge is 0.0622 e. The van der Waals surface area contributed by atoms with Crippen LogP contribution in [0.1, 0.15) is 0 Å². The predicted octanol–water partition coefficient (Wildman–Crippen LogP) is 4.37. The summed E-state index contributed by atoms with van der Waals surface area (Å²) in [6.45, 7) is 0. The van der Waals surface area contributed by atoms with Crippen LogP contribution in [0.3, 0.4) is 0 Å². The van der Waals surface area contributed by atoms with Gasteiger partial charge in [0.25, 0.3) is 0 Å². The summed E-state index contributed by atoms with van der Waals surface area (Å²) in [5, 5.41) is 0. The van der Waals surface area contributed by atoms with Gasteiger partial charge in [-0.1, -0.05) is 84.9 Å². The molecule has 3 aromatic rings. The fraction of sp³-hybridized carbons (Fsp3) is 0. The van der Waals surface area contributed by atoms with Gasteiger partial charge in [-0.05, 0) is 22.3 Å². The van der Waals surface area contributed by atoms with Crippen molar-refractivity contribution in [2.24, 2.45) is 0 Å². The standard InChI is InChI=1S/C18H14.K.H/c1-3-9-15(10-4-1)17-13-7-8-14-18(17)16-11-5-2-6-12-16;;/h1-14H;;. The molecule has 0 aliphatic heterocycles. The van der Waals surface area contributed by atoms with Gasteiger partial charge in [0, 0.05) is 0 Å². The second kappa shape index (κ2) is 7.18. The number of hydrogen-bond acceptors (Lipinski definition) is 0. The Bertz CT molecular complexity index is 572. The third-order valence-corrected chi connectivity index (χ3v) is 3.10. The first kappa shape index (κ1) is 14.7. The third kappa shape index (κ3) is 3.44. The maximum Gasteiger partial charge on any atom is -0.0105 e. The molecule has 0 fully saturated rings. The van der Waals surface area contributed by atoms with E-state index in [1.807, 2.05) is 0 Å². The van der Waals surface area contributed by atoms with E-state index in [4.69, 9.17) is 0 Å². The van der Waals surface area contributed by atoms with Crippen LogP contribution in [0.25, 0.3) is 22.3 Å². The van der Waals surface area contributed by atoms with Gasteiger partial charge in [0.05, 0.1) is 0 Å². The van der Waals surface area contributed by atoms with E-state index in [0.29, 0.717) is 0 Å². The Morgan fingerprint density at radius 1 is 0.368 bits per heavy atom. The van der Waals surface area contributed by atoms with Crippen molar-refractivity contribution < 1.29 is 0 Å². The minimum Gasteiger partial charge on any atom is -0.0622 e. The van der Waals surface area contributed by atoms with Gasteiger partial charge in [-0.15, -0.1) is 0 Å². The van der Waals surface area contributed by atoms with Crippen LogP contribution in [0, 0.1) is 0 Å². The molecule has 0 bridgehead atoms. The minimum absolute atomic E-state index is 0. The van der Waals surface area contributed by atoms with Crippen LogP contribution in [0.2, 0.25) is 0 Å². The van der Waals surface area contributed by atoms with Gasteiger partial charge >= 0.3 is 51.4 Å². The SMILES string of the molecule is [KH].c1ccc(-c2ccccc2-c2ccccc2)cc1. The van der Waals surface area contributed by atoms with Crippen LogP contribution in [0.5, 0.6) is 0 Å². The Balaban J connectivity index is 0.00000133. The molecule has 0 heterocycles. The second-order valence-corrected chi connectivity index (χ2v) is 4.28. The molecule has 0 radical (unpaired) electrons. The molecular formula is C18H15K. The predicted molar refractivity (Wildman–Crippen MR) is 84.5 cm³/mol. The maximum absolute atomic E-state index is 2.18. The molecule has 0 atom stereocenters.